The summed E-state index contributed by atoms with van der Waals surface area (Å²) in [7, 11) is 0. The van der Waals surface area contributed by atoms with E-state index in [4.69, 9.17) is 0 Å². The Morgan fingerprint density at radius 3 is 2.33 bits per heavy atom. The molecule has 52 valence electrons. The number of hydrogen-bond acceptors (Lipinski definition) is 3. The molecule has 3 heteroatoms. The fraction of sp³-hybridized carbons (Fsp3) is 0.833. The molecule has 1 aliphatic rings. The zero-order valence-corrected chi connectivity index (χ0v) is 7.06. The smallest absolute Gasteiger partial charge is 0.134 e. The molecule has 0 aromatic rings. The lowest BCUT2D eigenvalue weighted by Crippen LogP contribution is -2.19. The van der Waals surface area contributed by atoms with Crippen molar-refractivity contribution in [3.63, 3.8) is 0 Å². The Kier molecular flexibility index (Phi) is 2.92. The summed E-state index contributed by atoms with van der Waals surface area (Å²) < 4.78 is 0. The van der Waals surface area contributed by atoms with E-state index in [9.17, 15) is 4.79 Å². The standard InChI is InChI=1S/C6H10OS2/c1-5(7)6-2-8-4-9-3-6/h6H,2-4H2,1H3. The second-order valence-electron chi connectivity index (χ2n) is 2.17. The molecule has 0 bridgehead atoms. The zero-order chi connectivity index (χ0) is 6.69. The first kappa shape index (κ1) is 7.48. The zero-order valence-electron chi connectivity index (χ0n) is 5.42. The minimum atomic E-state index is 0.341. The lowest BCUT2D eigenvalue weighted by atomic mass is 10.1. The summed E-state index contributed by atoms with van der Waals surface area (Å²) in [5.41, 5.74) is 0. The van der Waals surface area contributed by atoms with E-state index in [1.807, 2.05) is 23.5 Å². The molecule has 0 saturated carbocycles. The minimum Gasteiger partial charge on any atom is -0.300 e. The number of ketones is 1. The van der Waals surface area contributed by atoms with Crippen molar-refractivity contribution >= 4 is 29.3 Å². The second-order valence-corrected chi connectivity index (χ2v) is 4.59. The third kappa shape index (κ3) is 2.22. The molecule has 0 amide bonds. The number of rotatable bonds is 1. The molecule has 0 spiro atoms. The summed E-state index contributed by atoms with van der Waals surface area (Å²) in [4.78, 5) is 10.8. The molecule has 0 aromatic carbocycles. The van der Waals surface area contributed by atoms with Gasteiger partial charge in [-0.2, -0.15) is 23.5 Å². The number of carbonyl (C=O) groups is 1. The Balaban J connectivity index is 2.31. The molecule has 1 nitrogen and oxygen atoms in total. The Morgan fingerprint density at radius 1 is 1.44 bits per heavy atom. The summed E-state index contributed by atoms with van der Waals surface area (Å²) in [6, 6.07) is 0. The number of hydrogen-bond donors (Lipinski definition) is 0. The monoisotopic (exact) mass is 162 g/mol. The molecule has 1 aliphatic heterocycles. The highest BCUT2D eigenvalue weighted by atomic mass is 32.2. The van der Waals surface area contributed by atoms with Crippen LogP contribution >= 0.6 is 23.5 Å². The molecule has 1 heterocycles. The van der Waals surface area contributed by atoms with Crippen LogP contribution in [0.25, 0.3) is 0 Å². The average Bonchev–Trinajstić information content (AvgIpc) is 1.90. The molecular weight excluding hydrogens is 152 g/mol. The molecule has 0 unspecified atom stereocenters. The van der Waals surface area contributed by atoms with E-state index >= 15 is 0 Å². The third-order valence-corrected chi connectivity index (χ3v) is 3.99. The SMILES string of the molecule is CC(=O)C1CSCSC1. The molecule has 0 atom stereocenters. The van der Waals surface area contributed by atoms with Crippen LogP contribution in [0.3, 0.4) is 0 Å². The Hall–Kier alpha value is 0.370. The van der Waals surface area contributed by atoms with Crippen molar-refractivity contribution in [2.75, 3.05) is 16.6 Å². The highest BCUT2D eigenvalue weighted by Crippen LogP contribution is 2.25. The summed E-state index contributed by atoms with van der Waals surface area (Å²) >= 11 is 3.75. The van der Waals surface area contributed by atoms with Gasteiger partial charge in [0.25, 0.3) is 0 Å². The van der Waals surface area contributed by atoms with E-state index in [0.29, 0.717) is 11.7 Å². The largest absolute Gasteiger partial charge is 0.300 e. The summed E-state index contributed by atoms with van der Waals surface area (Å²) in [6.45, 7) is 1.69. The fourth-order valence-corrected chi connectivity index (χ4v) is 3.39. The topological polar surface area (TPSA) is 17.1 Å². The van der Waals surface area contributed by atoms with Gasteiger partial charge in [-0.25, -0.2) is 0 Å². The fourth-order valence-electron chi connectivity index (χ4n) is 0.722. The maximum absolute atomic E-state index is 10.8. The predicted octanol–water partition coefficient (Wildman–Crippen LogP) is 1.63. The summed E-state index contributed by atoms with van der Waals surface area (Å²) in [5.74, 6) is 2.79. The maximum Gasteiger partial charge on any atom is 0.134 e. The van der Waals surface area contributed by atoms with Crippen molar-refractivity contribution in [1.29, 1.82) is 0 Å². The predicted molar refractivity (Wildman–Crippen MR) is 44.0 cm³/mol. The van der Waals surface area contributed by atoms with Gasteiger partial charge in [-0.15, -0.1) is 0 Å². The first-order valence-corrected chi connectivity index (χ1v) is 5.27. The van der Waals surface area contributed by atoms with Crippen LogP contribution in [0.15, 0.2) is 0 Å². The Bertz CT molecular complexity index is 108. The van der Waals surface area contributed by atoms with E-state index in [0.717, 1.165) is 11.5 Å². The lowest BCUT2D eigenvalue weighted by Gasteiger charge is -2.17. The van der Waals surface area contributed by atoms with Gasteiger partial charge in [-0.3, -0.25) is 4.79 Å². The van der Waals surface area contributed by atoms with Gasteiger partial charge in [-0.05, 0) is 6.92 Å². The second kappa shape index (κ2) is 3.52. The molecule has 1 rings (SSSR count). The third-order valence-electron chi connectivity index (χ3n) is 1.38. The first-order valence-electron chi connectivity index (χ1n) is 2.96. The normalized spacial score (nSPS) is 21.9. The van der Waals surface area contributed by atoms with Gasteiger partial charge >= 0.3 is 0 Å². The highest BCUT2D eigenvalue weighted by molar-refractivity contribution is 8.16. The molecule has 1 fully saturated rings. The number of carbonyl (C=O) groups excluding carboxylic acids is 1. The van der Waals surface area contributed by atoms with Crippen molar-refractivity contribution in [1.82, 2.24) is 0 Å². The van der Waals surface area contributed by atoms with Crippen molar-refractivity contribution in [2.24, 2.45) is 5.92 Å². The van der Waals surface area contributed by atoms with Gasteiger partial charge in [-0.1, -0.05) is 0 Å². The molecule has 0 N–H and O–H groups in total. The molecule has 0 aromatic heterocycles. The lowest BCUT2D eigenvalue weighted by molar-refractivity contribution is -0.119. The number of Topliss-reactive ketones (excluding diaryl/α,β-unsaturated/α-hetero) is 1. The summed E-state index contributed by atoms with van der Waals surface area (Å²) in [5, 5.41) is 1.17. The first-order chi connectivity index (χ1) is 4.30. The van der Waals surface area contributed by atoms with Gasteiger partial charge in [0.1, 0.15) is 5.78 Å². The van der Waals surface area contributed by atoms with E-state index in [-0.39, 0.29) is 0 Å². The minimum absolute atomic E-state index is 0.341. The van der Waals surface area contributed by atoms with Gasteiger partial charge in [0.05, 0.1) is 0 Å². The van der Waals surface area contributed by atoms with Crippen LogP contribution in [0.2, 0.25) is 0 Å². The quantitative estimate of drug-likeness (QED) is 0.583. The molecule has 1 saturated heterocycles. The molecule has 9 heavy (non-hydrogen) atoms. The van der Waals surface area contributed by atoms with Crippen LogP contribution < -0.4 is 0 Å². The van der Waals surface area contributed by atoms with Crippen molar-refractivity contribution < 1.29 is 4.79 Å². The molecule has 0 aliphatic carbocycles. The number of thioether (sulfide) groups is 2. The van der Waals surface area contributed by atoms with Crippen LogP contribution in [0.4, 0.5) is 0 Å². The average molecular weight is 162 g/mol. The van der Waals surface area contributed by atoms with Crippen LogP contribution in [0, 0.1) is 5.92 Å². The van der Waals surface area contributed by atoms with Gasteiger partial charge < -0.3 is 0 Å². The van der Waals surface area contributed by atoms with Crippen molar-refractivity contribution in [2.45, 2.75) is 6.92 Å². The van der Waals surface area contributed by atoms with Crippen molar-refractivity contribution in [3.05, 3.63) is 0 Å². The van der Waals surface area contributed by atoms with Gasteiger partial charge in [0, 0.05) is 22.5 Å². The molecular formula is C6H10OS2. The van der Waals surface area contributed by atoms with Crippen LogP contribution in [-0.2, 0) is 4.79 Å². The Morgan fingerprint density at radius 2 is 2.00 bits per heavy atom. The van der Waals surface area contributed by atoms with E-state index in [1.54, 1.807) is 6.92 Å². The molecule has 0 radical (unpaired) electrons. The van der Waals surface area contributed by atoms with E-state index < -0.39 is 0 Å². The highest BCUT2D eigenvalue weighted by Gasteiger charge is 2.17. The van der Waals surface area contributed by atoms with Gasteiger partial charge in [0.2, 0.25) is 0 Å². The van der Waals surface area contributed by atoms with E-state index in [2.05, 4.69) is 0 Å². The van der Waals surface area contributed by atoms with Crippen LogP contribution in [-0.4, -0.2) is 22.4 Å². The maximum atomic E-state index is 10.8. The van der Waals surface area contributed by atoms with E-state index in [1.165, 1.54) is 5.08 Å². The van der Waals surface area contributed by atoms with Gasteiger partial charge in [0.15, 0.2) is 0 Å². The van der Waals surface area contributed by atoms with Crippen molar-refractivity contribution in [3.8, 4) is 0 Å². The Labute approximate surface area is 64.0 Å². The van der Waals surface area contributed by atoms with Crippen LogP contribution in [0.1, 0.15) is 6.92 Å². The summed E-state index contributed by atoms with van der Waals surface area (Å²) in [6.07, 6.45) is 0. The van der Waals surface area contributed by atoms with Crippen LogP contribution in [0.5, 0.6) is 0 Å².